The molecule has 3 rings (SSSR count). The van der Waals surface area contributed by atoms with Crippen LogP contribution in [-0.2, 0) is 15.5 Å². The average molecular weight is 448 g/mol. The van der Waals surface area contributed by atoms with E-state index in [0.29, 0.717) is 34.7 Å². The molecule has 0 radical (unpaired) electrons. The highest BCUT2D eigenvalue weighted by Crippen LogP contribution is 2.43. The summed E-state index contributed by atoms with van der Waals surface area (Å²) in [4.78, 5) is 30.6. The Morgan fingerprint density at radius 1 is 1.16 bits per heavy atom. The maximum atomic E-state index is 13.0. The highest BCUT2D eigenvalue weighted by molar-refractivity contribution is 7.46. The van der Waals surface area contributed by atoms with Crippen LogP contribution in [0.3, 0.4) is 0 Å². The predicted octanol–water partition coefficient (Wildman–Crippen LogP) is 3.20. The molecule has 2 aromatic rings. The van der Waals surface area contributed by atoms with Crippen LogP contribution in [0, 0.1) is 13.8 Å². The highest BCUT2D eigenvalue weighted by Gasteiger charge is 2.31. The Hall–Kier alpha value is -2.84. The van der Waals surface area contributed by atoms with E-state index >= 15 is 0 Å². The first-order valence-electron chi connectivity index (χ1n) is 9.39. The van der Waals surface area contributed by atoms with Crippen LogP contribution in [0.1, 0.15) is 32.6 Å². The van der Waals surface area contributed by atoms with E-state index in [4.69, 9.17) is 25.0 Å². The second-order valence-electron chi connectivity index (χ2n) is 7.21. The van der Waals surface area contributed by atoms with E-state index in [2.05, 4.69) is 9.84 Å². The number of carbonyl (C=O) groups is 1. The van der Waals surface area contributed by atoms with Gasteiger partial charge in [-0.05, 0) is 60.4 Å². The van der Waals surface area contributed by atoms with Crippen molar-refractivity contribution in [1.82, 2.24) is 0 Å². The predicted molar refractivity (Wildman–Crippen MR) is 118 cm³/mol. The third kappa shape index (κ3) is 4.75. The summed E-state index contributed by atoms with van der Waals surface area (Å²) in [6.07, 6.45) is 2.24. The lowest BCUT2D eigenvalue weighted by Gasteiger charge is -2.14. The number of ether oxygens (including phenoxy) is 2. The van der Waals surface area contributed by atoms with Gasteiger partial charge in [0.05, 0.1) is 25.5 Å². The summed E-state index contributed by atoms with van der Waals surface area (Å²) in [7, 11) is -1.56. The van der Waals surface area contributed by atoms with E-state index in [9.17, 15) is 9.36 Å². The Kier molecular flexibility index (Phi) is 6.43. The van der Waals surface area contributed by atoms with Crippen LogP contribution in [0.25, 0.3) is 6.08 Å². The van der Waals surface area contributed by atoms with Crippen LogP contribution in [-0.4, -0.2) is 36.5 Å². The van der Waals surface area contributed by atoms with Crippen LogP contribution < -0.4 is 20.5 Å². The zero-order valence-corrected chi connectivity index (χ0v) is 18.6. The van der Waals surface area contributed by atoms with Crippen molar-refractivity contribution in [2.75, 3.05) is 32.0 Å². The molecule has 0 amide bonds. The van der Waals surface area contributed by atoms with Crippen molar-refractivity contribution in [1.29, 1.82) is 0 Å². The number of phosphoric ester groups is 1. The number of benzene rings is 2. The fraction of sp³-hybridized carbons (Fsp3) is 0.286. The van der Waals surface area contributed by atoms with Crippen molar-refractivity contribution in [3.05, 3.63) is 51.6 Å². The largest absolute Gasteiger partial charge is 0.493 e. The van der Waals surface area contributed by atoms with Crippen molar-refractivity contribution in [2.24, 2.45) is 0 Å². The Bertz CT molecular complexity index is 1100. The van der Waals surface area contributed by atoms with Crippen molar-refractivity contribution in [3.8, 4) is 11.5 Å². The van der Waals surface area contributed by atoms with E-state index in [1.807, 2.05) is 32.1 Å². The fourth-order valence-electron chi connectivity index (χ4n) is 3.80. The van der Waals surface area contributed by atoms with Gasteiger partial charge in [0.25, 0.3) is 0 Å². The van der Waals surface area contributed by atoms with E-state index in [1.54, 1.807) is 6.07 Å². The molecular formula is C21H25N2O7P. The molecule has 31 heavy (non-hydrogen) atoms. The summed E-state index contributed by atoms with van der Waals surface area (Å²) in [6, 6.07) is 5.52. The molecule has 0 atom stereocenters. The third-order valence-corrected chi connectivity index (χ3v) is 5.53. The minimum atomic E-state index is -4.55. The van der Waals surface area contributed by atoms with Crippen LogP contribution in [0.2, 0.25) is 0 Å². The molecule has 0 saturated heterocycles. The molecule has 0 unspecified atom stereocenters. The van der Waals surface area contributed by atoms with Crippen molar-refractivity contribution in [2.45, 2.75) is 20.3 Å². The molecule has 0 bridgehead atoms. The molecule has 0 aliphatic heterocycles. The number of phosphoric acid groups is 1. The van der Waals surface area contributed by atoms with Crippen molar-refractivity contribution in [3.63, 3.8) is 0 Å². The molecule has 0 heterocycles. The summed E-state index contributed by atoms with van der Waals surface area (Å²) in [5, 5.41) is 2.87. The quantitative estimate of drug-likeness (QED) is 0.217. The zero-order valence-electron chi connectivity index (χ0n) is 17.7. The number of methoxy groups -OCH3 is 2. The molecule has 2 aromatic carbocycles. The van der Waals surface area contributed by atoms with Crippen LogP contribution in [0.4, 0.5) is 11.4 Å². The number of hydrogen-bond acceptors (Lipinski definition) is 7. The van der Waals surface area contributed by atoms with Gasteiger partial charge in [0, 0.05) is 17.7 Å². The van der Waals surface area contributed by atoms with Gasteiger partial charge in [-0.2, -0.15) is 0 Å². The Labute approximate surface area is 180 Å². The lowest BCUT2D eigenvalue weighted by Crippen LogP contribution is -2.07. The number of fused-ring (bicyclic) bond motifs is 1. The first-order chi connectivity index (χ1) is 14.6. The number of allylic oxidation sites excluding steroid dienone is 1. The zero-order chi connectivity index (χ0) is 22.9. The van der Waals surface area contributed by atoms with Gasteiger partial charge < -0.3 is 30.3 Å². The minimum Gasteiger partial charge on any atom is -0.493 e. The number of nitrogens with two attached hydrogens (primary N) is 1. The van der Waals surface area contributed by atoms with E-state index in [-0.39, 0.29) is 18.2 Å². The van der Waals surface area contributed by atoms with Gasteiger partial charge in [-0.1, -0.05) is 0 Å². The highest BCUT2D eigenvalue weighted by atomic mass is 31.2. The van der Waals surface area contributed by atoms with Gasteiger partial charge in [0.15, 0.2) is 17.3 Å². The van der Waals surface area contributed by atoms with Gasteiger partial charge in [-0.25, -0.2) is 4.57 Å². The topological polar surface area (TPSA) is 140 Å². The Balaban J connectivity index is 1.89. The number of anilines is 2. The summed E-state index contributed by atoms with van der Waals surface area (Å²) in [5.41, 5.74) is 11.5. The minimum absolute atomic E-state index is 0.152. The maximum absolute atomic E-state index is 13.0. The van der Waals surface area contributed by atoms with E-state index < -0.39 is 7.82 Å². The normalized spacial score (nSPS) is 14.6. The molecule has 0 aromatic heterocycles. The molecule has 1 aliphatic carbocycles. The smallest absolute Gasteiger partial charge is 0.471 e. The number of carbonyl (C=O) groups excluding carboxylic acids is 1. The summed E-state index contributed by atoms with van der Waals surface area (Å²) in [5.74, 6) is 0.670. The molecular weight excluding hydrogens is 423 g/mol. The molecule has 0 spiro atoms. The summed E-state index contributed by atoms with van der Waals surface area (Å²) in [6.45, 7) is 3.38. The number of ketones is 1. The number of aryl methyl sites for hydroxylation is 2. The monoisotopic (exact) mass is 448 g/mol. The van der Waals surface area contributed by atoms with Crippen LogP contribution in [0.5, 0.6) is 11.5 Å². The molecule has 0 fully saturated rings. The number of nitrogen functional groups attached to an aromatic ring is 1. The van der Waals surface area contributed by atoms with Gasteiger partial charge in [-0.15, -0.1) is 0 Å². The van der Waals surface area contributed by atoms with Gasteiger partial charge in [-0.3, -0.25) is 9.32 Å². The summed E-state index contributed by atoms with van der Waals surface area (Å²) < 4.78 is 25.9. The summed E-state index contributed by atoms with van der Waals surface area (Å²) >= 11 is 0. The second kappa shape index (κ2) is 8.72. The number of rotatable bonds is 7. The van der Waals surface area contributed by atoms with Crippen molar-refractivity contribution < 1.29 is 33.1 Å². The maximum Gasteiger partial charge on any atom is 0.471 e. The molecule has 5 N–H and O–H groups in total. The number of Topliss-reactive ketones (excluding diaryl/α,β-unsaturated/α-hetero) is 1. The van der Waals surface area contributed by atoms with Crippen LogP contribution >= 0.6 is 7.82 Å². The Morgan fingerprint density at radius 2 is 1.81 bits per heavy atom. The average Bonchev–Trinajstić information content (AvgIpc) is 2.98. The molecule has 166 valence electrons. The first-order valence-corrected chi connectivity index (χ1v) is 10.9. The lowest BCUT2D eigenvalue weighted by atomic mass is 10.0. The van der Waals surface area contributed by atoms with Gasteiger partial charge in [0.1, 0.15) is 6.73 Å². The standard InChI is InChI=1S/C21H25N2O7P/c1-11-5-13(6-12(2)19(11)23-10-30-31(25,26)27)7-15-8-14-9-16(28-3)21(29-4)18(22)17(14)20(15)24/h5-7,9,23H,8,10,22H2,1-4H3,(H2,25,26,27)/b15-7+. The Morgan fingerprint density at radius 3 is 2.35 bits per heavy atom. The van der Waals surface area contributed by atoms with Gasteiger partial charge in [0.2, 0.25) is 0 Å². The third-order valence-electron chi connectivity index (χ3n) is 5.07. The lowest BCUT2D eigenvalue weighted by molar-refractivity contribution is 0.104. The van der Waals surface area contributed by atoms with E-state index in [1.165, 1.54) is 14.2 Å². The number of hydrogen-bond donors (Lipinski definition) is 4. The number of nitrogens with one attached hydrogen (secondary N) is 1. The van der Waals surface area contributed by atoms with Crippen LogP contribution in [0.15, 0.2) is 23.8 Å². The molecule has 10 heteroatoms. The van der Waals surface area contributed by atoms with E-state index in [0.717, 1.165) is 22.3 Å². The fourth-order valence-corrected chi connectivity index (χ4v) is 4.03. The van der Waals surface area contributed by atoms with Crippen molar-refractivity contribution >= 4 is 31.1 Å². The first kappa shape index (κ1) is 22.8. The van der Waals surface area contributed by atoms with Gasteiger partial charge >= 0.3 is 7.82 Å². The molecule has 1 aliphatic rings. The molecule has 9 nitrogen and oxygen atoms in total. The second-order valence-corrected chi connectivity index (χ2v) is 8.45. The molecule has 0 saturated carbocycles. The SMILES string of the molecule is COc1cc2c(c(N)c1OC)C(=O)/C(=C/c1cc(C)c(NCOP(=O)(O)O)c(C)c1)C2.